The van der Waals surface area contributed by atoms with Crippen molar-refractivity contribution >= 4 is 23.2 Å². The summed E-state index contributed by atoms with van der Waals surface area (Å²) >= 11 is 5.47. The standard InChI is InChI=1S/C18H25N3OS/c1-12-6-8-13(9-7-12)17(22)20-14-10-15-4-3-5-16(11-14)21(15)18(23)19-2/h6-9,14-16H,3-5,10-11H2,1-2H3,(H,19,23)(H,20,22)/t15-,16-/m0/s1. The molecular weight excluding hydrogens is 306 g/mol. The lowest BCUT2D eigenvalue weighted by Gasteiger charge is -2.50. The normalized spacial score (nSPS) is 26.5. The van der Waals surface area contributed by atoms with Crippen molar-refractivity contribution in [1.29, 1.82) is 0 Å². The minimum atomic E-state index is 0.0396. The van der Waals surface area contributed by atoms with Crippen molar-refractivity contribution in [2.75, 3.05) is 7.05 Å². The van der Waals surface area contributed by atoms with E-state index in [1.54, 1.807) is 0 Å². The smallest absolute Gasteiger partial charge is 0.251 e. The second kappa shape index (κ2) is 6.87. The molecule has 0 aromatic heterocycles. The molecule has 124 valence electrons. The van der Waals surface area contributed by atoms with E-state index in [0.717, 1.165) is 36.4 Å². The topological polar surface area (TPSA) is 44.4 Å². The van der Waals surface area contributed by atoms with E-state index in [1.807, 2.05) is 38.2 Å². The van der Waals surface area contributed by atoms with Crippen LogP contribution in [0, 0.1) is 6.92 Å². The lowest BCUT2D eigenvalue weighted by molar-refractivity contribution is 0.0742. The molecule has 1 aromatic rings. The van der Waals surface area contributed by atoms with Crippen LogP contribution in [-0.2, 0) is 0 Å². The number of aryl methyl sites for hydroxylation is 1. The van der Waals surface area contributed by atoms with Crippen LogP contribution in [0.25, 0.3) is 0 Å². The molecule has 23 heavy (non-hydrogen) atoms. The predicted molar refractivity (Wildman–Crippen MR) is 96.6 cm³/mol. The van der Waals surface area contributed by atoms with E-state index in [1.165, 1.54) is 12.0 Å². The molecule has 1 aromatic carbocycles. The van der Waals surface area contributed by atoms with Crippen molar-refractivity contribution in [2.45, 2.75) is 57.2 Å². The van der Waals surface area contributed by atoms with E-state index < -0.39 is 0 Å². The summed E-state index contributed by atoms with van der Waals surface area (Å²) in [6.07, 6.45) is 5.55. The monoisotopic (exact) mass is 331 g/mol. The second-order valence-corrected chi connectivity index (χ2v) is 7.10. The van der Waals surface area contributed by atoms with Gasteiger partial charge in [-0.1, -0.05) is 17.7 Å². The number of thiocarbonyl (C=S) groups is 1. The number of nitrogens with one attached hydrogen (secondary N) is 2. The Morgan fingerprint density at radius 3 is 2.35 bits per heavy atom. The Bertz CT molecular complexity index is 572. The molecule has 2 heterocycles. The first-order valence-electron chi connectivity index (χ1n) is 8.46. The largest absolute Gasteiger partial charge is 0.366 e. The van der Waals surface area contributed by atoms with E-state index in [4.69, 9.17) is 12.2 Å². The molecule has 2 bridgehead atoms. The molecule has 0 spiro atoms. The average Bonchev–Trinajstić information content (AvgIpc) is 2.54. The van der Waals surface area contributed by atoms with Crippen molar-refractivity contribution in [2.24, 2.45) is 0 Å². The minimum absolute atomic E-state index is 0.0396. The quantitative estimate of drug-likeness (QED) is 0.818. The fraction of sp³-hybridized carbons (Fsp3) is 0.556. The highest BCUT2D eigenvalue weighted by Gasteiger charge is 2.39. The molecule has 0 aliphatic carbocycles. The van der Waals surface area contributed by atoms with Crippen molar-refractivity contribution in [3.63, 3.8) is 0 Å². The average molecular weight is 331 g/mol. The molecule has 0 saturated carbocycles. The van der Waals surface area contributed by atoms with Crippen molar-refractivity contribution in [1.82, 2.24) is 15.5 Å². The zero-order valence-electron chi connectivity index (χ0n) is 13.8. The van der Waals surface area contributed by atoms with Gasteiger partial charge in [0.2, 0.25) is 0 Å². The number of hydrogen-bond acceptors (Lipinski definition) is 2. The minimum Gasteiger partial charge on any atom is -0.366 e. The molecule has 2 N–H and O–H groups in total. The van der Waals surface area contributed by atoms with E-state index in [0.29, 0.717) is 12.1 Å². The molecule has 3 rings (SSSR count). The van der Waals surface area contributed by atoms with Crippen LogP contribution in [0.4, 0.5) is 0 Å². The highest BCUT2D eigenvalue weighted by molar-refractivity contribution is 7.80. The summed E-state index contributed by atoms with van der Waals surface area (Å²) in [5.41, 5.74) is 1.92. The molecule has 2 fully saturated rings. The van der Waals surface area contributed by atoms with Gasteiger partial charge in [-0.2, -0.15) is 0 Å². The number of fused-ring (bicyclic) bond motifs is 2. The summed E-state index contributed by atoms with van der Waals surface area (Å²) in [5.74, 6) is 0.0396. The molecule has 2 saturated heterocycles. The van der Waals surface area contributed by atoms with Crippen LogP contribution in [0.3, 0.4) is 0 Å². The molecule has 2 aliphatic rings. The van der Waals surface area contributed by atoms with E-state index in [-0.39, 0.29) is 11.9 Å². The van der Waals surface area contributed by atoms with Crippen molar-refractivity contribution in [3.8, 4) is 0 Å². The Balaban J connectivity index is 1.66. The van der Waals surface area contributed by atoms with Gasteiger partial charge in [0.1, 0.15) is 0 Å². The number of nitrogens with zero attached hydrogens (tertiary/aromatic N) is 1. The summed E-state index contributed by atoms with van der Waals surface area (Å²) < 4.78 is 0. The molecular formula is C18H25N3OS. The SMILES string of the molecule is CNC(=S)N1[C@H]2CCC[C@H]1CC(NC(=O)c1ccc(C)cc1)C2. The van der Waals surface area contributed by atoms with Crippen LogP contribution in [-0.4, -0.2) is 41.1 Å². The van der Waals surface area contributed by atoms with Crippen LogP contribution < -0.4 is 10.6 Å². The summed E-state index contributed by atoms with van der Waals surface area (Å²) in [4.78, 5) is 14.8. The molecule has 1 amide bonds. The molecule has 4 nitrogen and oxygen atoms in total. The lowest BCUT2D eigenvalue weighted by Crippen LogP contribution is -2.60. The highest BCUT2D eigenvalue weighted by Crippen LogP contribution is 2.34. The number of amides is 1. The predicted octanol–water partition coefficient (Wildman–Crippen LogP) is 2.61. The highest BCUT2D eigenvalue weighted by atomic mass is 32.1. The fourth-order valence-corrected chi connectivity index (χ4v) is 4.23. The zero-order chi connectivity index (χ0) is 16.4. The van der Waals surface area contributed by atoms with Gasteiger partial charge in [-0.25, -0.2) is 0 Å². The van der Waals surface area contributed by atoms with Gasteiger partial charge in [-0.3, -0.25) is 4.79 Å². The van der Waals surface area contributed by atoms with Gasteiger partial charge in [0.25, 0.3) is 5.91 Å². The van der Waals surface area contributed by atoms with Crippen LogP contribution >= 0.6 is 12.2 Å². The Morgan fingerprint density at radius 1 is 1.17 bits per heavy atom. The van der Waals surface area contributed by atoms with Crippen LogP contribution in [0.2, 0.25) is 0 Å². The van der Waals surface area contributed by atoms with Gasteiger partial charge >= 0.3 is 0 Å². The number of hydrogen-bond donors (Lipinski definition) is 2. The van der Waals surface area contributed by atoms with Gasteiger partial charge in [0, 0.05) is 30.7 Å². The number of benzene rings is 1. The van der Waals surface area contributed by atoms with Gasteiger partial charge in [-0.05, 0) is 63.4 Å². The fourth-order valence-electron chi connectivity index (χ4n) is 3.93. The first-order valence-corrected chi connectivity index (χ1v) is 8.87. The zero-order valence-corrected chi connectivity index (χ0v) is 14.7. The second-order valence-electron chi connectivity index (χ2n) is 6.71. The van der Waals surface area contributed by atoms with Crippen LogP contribution in [0.1, 0.15) is 48.0 Å². The van der Waals surface area contributed by atoms with E-state index in [9.17, 15) is 4.79 Å². The third-order valence-electron chi connectivity index (χ3n) is 5.07. The third-order valence-corrected chi connectivity index (χ3v) is 5.49. The number of rotatable bonds is 2. The summed E-state index contributed by atoms with van der Waals surface area (Å²) in [6, 6.07) is 8.91. The van der Waals surface area contributed by atoms with Gasteiger partial charge in [-0.15, -0.1) is 0 Å². The number of piperidine rings is 2. The molecule has 2 aliphatic heterocycles. The number of carbonyl (C=O) groups excluding carboxylic acids is 1. The first-order chi connectivity index (χ1) is 11.1. The first kappa shape index (κ1) is 16.2. The Labute approximate surface area is 143 Å². The molecule has 2 atom stereocenters. The van der Waals surface area contributed by atoms with Crippen LogP contribution in [0.15, 0.2) is 24.3 Å². The Morgan fingerprint density at radius 2 is 1.78 bits per heavy atom. The van der Waals surface area contributed by atoms with Crippen molar-refractivity contribution < 1.29 is 4.79 Å². The van der Waals surface area contributed by atoms with E-state index >= 15 is 0 Å². The van der Waals surface area contributed by atoms with Gasteiger partial charge < -0.3 is 15.5 Å². The van der Waals surface area contributed by atoms with E-state index in [2.05, 4.69) is 15.5 Å². The molecule has 0 radical (unpaired) electrons. The number of carbonyl (C=O) groups is 1. The summed E-state index contributed by atoms with van der Waals surface area (Å²) in [7, 11) is 1.89. The summed E-state index contributed by atoms with van der Waals surface area (Å²) in [6.45, 7) is 2.03. The van der Waals surface area contributed by atoms with Crippen LogP contribution in [0.5, 0.6) is 0 Å². The maximum Gasteiger partial charge on any atom is 0.251 e. The van der Waals surface area contributed by atoms with Gasteiger partial charge in [0.05, 0.1) is 0 Å². The Kier molecular flexibility index (Phi) is 4.85. The third kappa shape index (κ3) is 3.50. The van der Waals surface area contributed by atoms with Gasteiger partial charge in [0.15, 0.2) is 5.11 Å². The Hall–Kier alpha value is -1.62. The maximum atomic E-state index is 12.5. The lowest BCUT2D eigenvalue weighted by atomic mass is 9.82. The van der Waals surface area contributed by atoms with Crippen molar-refractivity contribution in [3.05, 3.63) is 35.4 Å². The maximum absolute atomic E-state index is 12.5. The molecule has 5 heteroatoms. The summed E-state index contributed by atoms with van der Waals surface area (Å²) in [5, 5.41) is 7.20. The molecule has 0 unspecified atom stereocenters.